The highest BCUT2D eigenvalue weighted by Gasteiger charge is 2.02. The Morgan fingerprint density at radius 2 is 1.85 bits per heavy atom. The van der Waals surface area contributed by atoms with Crippen molar-refractivity contribution >= 4 is 28.9 Å². The summed E-state index contributed by atoms with van der Waals surface area (Å²) in [6.07, 6.45) is 0. The third-order valence-electron chi connectivity index (χ3n) is 2.95. The summed E-state index contributed by atoms with van der Waals surface area (Å²) >= 11 is 11.9. The van der Waals surface area contributed by atoms with E-state index in [1.807, 2.05) is 0 Å². The summed E-state index contributed by atoms with van der Waals surface area (Å²) in [6.45, 7) is 5.42. The first-order valence-corrected chi connectivity index (χ1v) is 7.21. The molecule has 4 heteroatoms. The summed E-state index contributed by atoms with van der Waals surface area (Å²) in [5.41, 5.74) is 3.62. The van der Waals surface area contributed by atoms with Crippen LogP contribution < -0.4 is 10.1 Å². The normalized spacial score (nSPS) is 10.4. The fourth-order valence-electron chi connectivity index (χ4n) is 1.95. The molecule has 0 amide bonds. The molecular formula is C16H17Cl2NO. The van der Waals surface area contributed by atoms with Crippen LogP contribution in [0.1, 0.15) is 11.1 Å². The molecule has 0 radical (unpaired) electrons. The Bertz CT molecular complexity index is 546. The van der Waals surface area contributed by atoms with Crippen molar-refractivity contribution in [2.24, 2.45) is 0 Å². The number of nitrogens with one attached hydrogen (secondary N) is 1. The summed E-state index contributed by atoms with van der Waals surface area (Å²) in [6, 6.07) is 11.5. The predicted molar refractivity (Wildman–Crippen MR) is 86.4 cm³/mol. The van der Waals surface area contributed by atoms with Gasteiger partial charge in [0.2, 0.25) is 0 Å². The standard InChI is InChI=1S/C16H17Cl2NO/c1-11-3-5-15(12(2)9-11)19-7-8-20-16-6-4-13(17)10-14(16)18/h3-6,9-10,19H,7-8H2,1-2H3. The van der Waals surface area contributed by atoms with Crippen LogP contribution in [0.2, 0.25) is 10.0 Å². The molecule has 1 N–H and O–H groups in total. The summed E-state index contributed by atoms with van der Waals surface area (Å²) in [4.78, 5) is 0. The van der Waals surface area contributed by atoms with E-state index in [-0.39, 0.29) is 0 Å². The third kappa shape index (κ3) is 4.06. The highest BCUT2D eigenvalue weighted by atomic mass is 35.5. The van der Waals surface area contributed by atoms with E-state index in [1.54, 1.807) is 18.2 Å². The first kappa shape index (κ1) is 15.0. The van der Waals surface area contributed by atoms with Crippen molar-refractivity contribution in [3.8, 4) is 5.75 Å². The lowest BCUT2D eigenvalue weighted by Gasteiger charge is -2.12. The number of ether oxygens (including phenoxy) is 1. The van der Waals surface area contributed by atoms with Gasteiger partial charge in [0.25, 0.3) is 0 Å². The van der Waals surface area contributed by atoms with Crippen LogP contribution in [-0.4, -0.2) is 13.2 Å². The van der Waals surface area contributed by atoms with Gasteiger partial charge in [-0.15, -0.1) is 0 Å². The van der Waals surface area contributed by atoms with Gasteiger partial charge in [0.15, 0.2) is 0 Å². The molecule has 0 unspecified atom stereocenters. The average molecular weight is 310 g/mol. The van der Waals surface area contributed by atoms with Gasteiger partial charge in [-0.25, -0.2) is 0 Å². The molecule has 0 saturated heterocycles. The lowest BCUT2D eigenvalue weighted by molar-refractivity contribution is 0.333. The molecule has 0 spiro atoms. The largest absolute Gasteiger partial charge is 0.490 e. The van der Waals surface area contributed by atoms with Gasteiger partial charge in [-0.1, -0.05) is 40.9 Å². The van der Waals surface area contributed by atoms with Gasteiger partial charge in [0, 0.05) is 17.3 Å². The zero-order valence-electron chi connectivity index (χ0n) is 11.5. The molecule has 0 aromatic heterocycles. The van der Waals surface area contributed by atoms with E-state index < -0.39 is 0 Å². The first-order valence-electron chi connectivity index (χ1n) is 6.45. The Hall–Kier alpha value is -1.38. The fraction of sp³-hybridized carbons (Fsp3) is 0.250. The molecule has 0 atom stereocenters. The van der Waals surface area contributed by atoms with Crippen LogP contribution in [0.4, 0.5) is 5.69 Å². The number of hydrogen-bond acceptors (Lipinski definition) is 2. The monoisotopic (exact) mass is 309 g/mol. The van der Waals surface area contributed by atoms with Crippen molar-refractivity contribution < 1.29 is 4.74 Å². The number of rotatable bonds is 5. The SMILES string of the molecule is Cc1ccc(NCCOc2ccc(Cl)cc2Cl)c(C)c1. The third-order valence-corrected chi connectivity index (χ3v) is 3.48. The Balaban J connectivity index is 1.84. The minimum atomic E-state index is 0.531. The van der Waals surface area contributed by atoms with E-state index in [9.17, 15) is 0 Å². The Morgan fingerprint density at radius 1 is 1.05 bits per heavy atom. The zero-order valence-corrected chi connectivity index (χ0v) is 13.1. The number of aryl methyl sites for hydroxylation is 2. The average Bonchev–Trinajstić information content (AvgIpc) is 2.39. The van der Waals surface area contributed by atoms with E-state index in [2.05, 4.69) is 37.4 Å². The maximum Gasteiger partial charge on any atom is 0.138 e. The second kappa shape index (κ2) is 6.87. The van der Waals surface area contributed by atoms with Gasteiger partial charge in [-0.05, 0) is 43.7 Å². The Kier molecular flexibility index (Phi) is 5.16. The van der Waals surface area contributed by atoms with Crippen molar-refractivity contribution in [3.05, 3.63) is 57.6 Å². The Morgan fingerprint density at radius 3 is 2.55 bits per heavy atom. The highest BCUT2D eigenvalue weighted by molar-refractivity contribution is 6.35. The predicted octanol–water partition coefficient (Wildman–Crippen LogP) is 5.10. The molecule has 0 bridgehead atoms. The van der Waals surface area contributed by atoms with Crippen LogP contribution in [-0.2, 0) is 0 Å². The summed E-state index contributed by atoms with van der Waals surface area (Å²) < 4.78 is 5.62. The van der Waals surface area contributed by atoms with Crippen molar-refractivity contribution in [1.82, 2.24) is 0 Å². The quantitative estimate of drug-likeness (QED) is 0.776. The maximum absolute atomic E-state index is 6.04. The molecule has 2 rings (SSSR count). The van der Waals surface area contributed by atoms with Crippen LogP contribution in [0.15, 0.2) is 36.4 Å². The van der Waals surface area contributed by atoms with Gasteiger partial charge in [-0.3, -0.25) is 0 Å². The molecule has 106 valence electrons. The fourth-order valence-corrected chi connectivity index (χ4v) is 2.41. The molecule has 0 aliphatic heterocycles. The van der Waals surface area contributed by atoms with Crippen molar-refractivity contribution in [2.45, 2.75) is 13.8 Å². The van der Waals surface area contributed by atoms with Gasteiger partial charge in [-0.2, -0.15) is 0 Å². The van der Waals surface area contributed by atoms with Crippen molar-refractivity contribution in [1.29, 1.82) is 0 Å². The second-order valence-electron chi connectivity index (χ2n) is 4.67. The molecule has 0 aliphatic rings. The molecule has 0 aliphatic carbocycles. The van der Waals surface area contributed by atoms with Crippen molar-refractivity contribution in [3.63, 3.8) is 0 Å². The lowest BCUT2D eigenvalue weighted by Crippen LogP contribution is -2.12. The van der Waals surface area contributed by atoms with Crippen LogP contribution in [0.5, 0.6) is 5.75 Å². The molecule has 20 heavy (non-hydrogen) atoms. The molecule has 2 nitrogen and oxygen atoms in total. The van der Waals surface area contributed by atoms with Crippen LogP contribution in [0, 0.1) is 13.8 Å². The molecular weight excluding hydrogens is 293 g/mol. The first-order chi connectivity index (χ1) is 9.56. The van der Waals surface area contributed by atoms with Gasteiger partial charge in [0.05, 0.1) is 5.02 Å². The van der Waals surface area contributed by atoms with Crippen LogP contribution in [0.3, 0.4) is 0 Å². The smallest absolute Gasteiger partial charge is 0.138 e. The number of hydrogen-bond donors (Lipinski definition) is 1. The van der Waals surface area contributed by atoms with E-state index in [0.717, 1.165) is 5.69 Å². The van der Waals surface area contributed by atoms with Crippen LogP contribution in [0.25, 0.3) is 0 Å². The molecule has 2 aromatic rings. The number of benzene rings is 2. The maximum atomic E-state index is 6.04. The van der Waals surface area contributed by atoms with Crippen molar-refractivity contribution in [2.75, 3.05) is 18.5 Å². The molecule has 0 heterocycles. The van der Waals surface area contributed by atoms with E-state index in [4.69, 9.17) is 27.9 Å². The van der Waals surface area contributed by atoms with Gasteiger partial charge >= 0.3 is 0 Å². The topological polar surface area (TPSA) is 21.3 Å². The number of anilines is 1. The Labute approximate surface area is 129 Å². The lowest BCUT2D eigenvalue weighted by atomic mass is 10.1. The molecule has 0 saturated carbocycles. The number of halogens is 2. The summed E-state index contributed by atoms with van der Waals surface area (Å²) in [5, 5.41) is 4.49. The zero-order chi connectivity index (χ0) is 14.5. The molecule has 0 fully saturated rings. The minimum Gasteiger partial charge on any atom is -0.490 e. The summed E-state index contributed by atoms with van der Waals surface area (Å²) in [7, 11) is 0. The summed E-state index contributed by atoms with van der Waals surface area (Å²) in [5.74, 6) is 0.651. The van der Waals surface area contributed by atoms with E-state index >= 15 is 0 Å². The minimum absolute atomic E-state index is 0.531. The van der Waals surface area contributed by atoms with E-state index in [0.29, 0.717) is 28.9 Å². The van der Waals surface area contributed by atoms with E-state index in [1.165, 1.54) is 11.1 Å². The second-order valence-corrected chi connectivity index (χ2v) is 5.51. The molecule has 2 aromatic carbocycles. The highest BCUT2D eigenvalue weighted by Crippen LogP contribution is 2.27. The van der Waals surface area contributed by atoms with Gasteiger partial charge in [0.1, 0.15) is 12.4 Å². The van der Waals surface area contributed by atoms with Crippen LogP contribution >= 0.6 is 23.2 Å². The van der Waals surface area contributed by atoms with Gasteiger partial charge < -0.3 is 10.1 Å².